The van der Waals surface area contributed by atoms with Crippen LogP contribution in [-0.4, -0.2) is 35.4 Å². The third kappa shape index (κ3) is 3.05. The minimum Gasteiger partial charge on any atom is -0.479 e. The number of carboxylic acid groups (broad SMARTS) is 1. The average molecular weight is 268 g/mol. The van der Waals surface area contributed by atoms with Crippen molar-refractivity contribution in [3.63, 3.8) is 0 Å². The molecule has 8 heteroatoms. The van der Waals surface area contributed by atoms with E-state index in [1.807, 2.05) is 6.92 Å². The van der Waals surface area contributed by atoms with E-state index < -0.39 is 23.7 Å². The van der Waals surface area contributed by atoms with Crippen LogP contribution in [0.5, 0.6) is 0 Å². The molecule has 0 radical (unpaired) electrons. The Morgan fingerprint density at radius 1 is 1.39 bits per heavy atom. The topological polar surface area (TPSA) is 78.4 Å². The first-order valence-electron chi connectivity index (χ1n) is 5.44. The lowest BCUT2D eigenvalue weighted by Gasteiger charge is -2.28. The zero-order chi connectivity index (χ0) is 14.1. The van der Waals surface area contributed by atoms with E-state index in [9.17, 15) is 22.8 Å². The molecule has 0 saturated heterocycles. The zero-order valence-corrected chi connectivity index (χ0v) is 9.97. The Morgan fingerprint density at radius 2 is 1.89 bits per heavy atom. The highest BCUT2D eigenvalue weighted by Gasteiger charge is 2.58. The number of carboxylic acids is 1. The predicted molar refractivity (Wildman–Crippen MR) is 55.9 cm³/mol. The maximum atomic E-state index is 12.6. The van der Waals surface area contributed by atoms with E-state index in [0.29, 0.717) is 12.8 Å². The number of halogens is 3. The molecule has 0 bridgehead atoms. The molecule has 1 aliphatic rings. The maximum Gasteiger partial charge on any atom is 0.422 e. The summed E-state index contributed by atoms with van der Waals surface area (Å²) in [4.78, 5) is 21.9. The molecule has 0 aromatic carbocycles. The molecule has 1 rings (SSSR count). The van der Waals surface area contributed by atoms with Gasteiger partial charge in [0.1, 0.15) is 0 Å². The van der Waals surface area contributed by atoms with Crippen molar-refractivity contribution in [3.05, 3.63) is 0 Å². The molecule has 1 saturated carbocycles. The van der Waals surface area contributed by atoms with Gasteiger partial charge >= 0.3 is 18.2 Å². The van der Waals surface area contributed by atoms with Gasteiger partial charge < -0.3 is 15.7 Å². The third-order valence-corrected chi connectivity index (χ3v) is 3.16. The van der Waals surface area contributed by atoms with Gasteiger partial charge in [-0.3, -0.25) is 0 Å². The SMILES string of the molecule is CC1CC1CNC(=O)NC(C)(C(=O)O)C(F)(F)F. The number of hydrogen-bond donors (Lipinski definition) is 3. The van der Waals surface area contributed by atoms with Crippen LogP contribution >= 0.6 is 0 Å². The Bertz CT molecular complexity index is 359. The summed E-state index contributed by atoms with van der Waals surface area (Å²) in [5, 5.41) is 12.3. The van der Waals surface area contributed by atoms with Crippen LogP contribution in [0.4, 0.5) is 18.0 Å². The molecule has 0 aromatic rings. The molecular formula is C10H15F3N2O3. The number of alkyl halides is 3. The molecule has 1 fully saturated rings. The Balaban J connectivity index is 2.56. The zero-order valence-electron chi connectivity index (χ0n) is 9.97. The van der Waals surface area contributed by atoms with Crippen molar-refractivity contribution in [1.29, 1.82) is 0 Å². The standard InChI is InChI=1S/C10H15F3N2O3/c1-5-3-6(5)4-14-8(18)15-9(2,7(16)17)10(11,12)13/h5-6H,3-4H2,1-2H3,(H,16,17)(H2,14,15,18). The fourth-order valence-electron chi connectivity index (χ4n) is 1.42. The van der Waals surface area contributed by atoms with E-state index >= 15 is 0 Å². The number of amides is 2. The van der Waals surface area contributed by atoms with E-state index in [-0.39, 0.29) is 12.5 Å². The molecule has 0 spiro atoms. The summed E-state index contributed by atoms with van der Waals surface area (Å²) in [6.45, 7) is 2.62. The highest BCUT2D eigenvalue weighted by atomic mass is 19.4. The van der Waals surface area contributed by atoms with Crippen LogP contribution in [-0.2, 0) is 4.79 Å². The summed E-state index contributed by atoms with van der Waals surface area (Å²) in [5.41, 5.74) is -3.29. The van der Waals surface area contributed by atoms with Gasteiger partial charge in [0.15, 0.2) is 0 Å². The van der Waals surface area contributed by atoms with Gasteiger partial charge in [-0.05, 0) is 25.2 Å². The van der Waals surface area contributed by atoms with E-state index in [1.54, 1.807) is 0 Å². The highest BCUT2D eigenvalue weighted by molar-refractivity contribution is 5.86. The minimum absolute atomic E-state index is 0.251. The van der Waals surface area contributed by atoms with E-state index in [4.69, 9.17) is 5.11 Å². The summed E-state index contributed by atoms with van der Waals surface area (Å²) < 4.78 is 37.7. The van der Waals surface area contributed by atoms with Gasteiger partial charge in [-0.15, -0.1) is 0 Å². The molecular weight excluding hydrogens is 253 g/mol. The fourth-order valence-corrected chi connectivity index (χ4v) is 1.42. The van der Waals surface area contributed by atoms with Gasteiger partial charge in [0.2, 0.25) is 5.54 Å². The fraction of sp³-hybridized carbons (Fsp3) is 0.800. The van der Waals surface area contributed by atoms with Crippen LogP contribution in [0.1, 0.15) is 20.3 Å². The van der Waals surface area contributed by atoms with Crippen LogP contribution < -0.4 is 10.6 Å². The molecule has 3 N–H and O–H groups in total. The first-order chi connectivity index (χ1) is 8.08. The highest BCUT2D eigenvalue weighted by Crippen LogP contribution is 2.36. The Morgan fingerprint density at radius 3 is 2.22 bits per heavy atom. The molecule has 2 amide bonds. The average Bonchev–Trinajstić information content (AvgIpc) is 2.89. The van der Waals surface area contributed by atoms with Crippen molar-refractivity contribution in [2.75, 3.05) is 6.54 Å². The Kier molecular flexibility index (Phi) is 3.78. The van der Waals surface area contributed by atoms with E-state index in [2.05, 4.69) is 5.32 Å². The number of aliphatic carboxylic acids is 1. The van der Waals surface area contributed by atoms with Gasteiger partial charge in [-0.25, -0.2) is 9.59 Å². The summed E-state index contributed by atoms with van der Waals surface area (Å²) in [6, 6.07) is -1.13. The number of carbonyl (C=O) groups is 2. The second kappa shape index (κ2) is 4.66. The van der Waals surface area contributed by atoms with E-state index in [1.165, 1.54) is 5.32 Å². The van der Waals surface area contributed by atoms with Crippen molar-refractivity contribution in [2.45, 2.75) is 32.0 Å². The molecule has 0 heterocycles. The number of rotatable bonds is 4. The molecule has 0 aromatic heterocycles. The second-order valence-electron chi connectivity index (χ2n) is 4.74. The monoisotopic (exact) mass is 268 g/mol. The summed E-state index contributed by atoms with van der Waals surface area (Å²) in [5.74, 6) is -1.44. The van der Waals surface area contributed by atoms with Crippen molar-refractivity contribution >= 4 is 12.0 Å². The van der Waals surface area contributed by atoms with Crippen LogP contribution in [0.2, 0.25) is 0 Å². The third-order valence-electron chi connectivity index (χ3n) is 3.16. The lowest BCUT2D eigenvalue weighted by atomic mass is 10.0. The molecule has 3 unspecified atom stereocenters. The molecule has 3 atom stereocenters. The first-order valence-corrected chi connectivity index (χ1v) is 5.44. The van der Waals surface area contributed by atoms with E-state index in [0.717, 1.165) is 6.42 Å². The van der Waals surface area contributed by atoms with Gasteiger partial charge in [-0.1, -0.05) is 6.92 Å². The van der Waals surface area contributed by atoms with Crippen LogP contribution in [0, 0.1) is 11.8 Å². The number of carbonyl (C=O) groups excluding carboxylic acids is 1. The van der Waals surface area contributed by atoms with Crippen molar-refractivity contribution < 1.29 is 27.9 Å². The number of nitrogens with one attached hydrogen (secondary N) is 2. The molecule has 104 valence electrons. The quantitative estimate of drug-likeness (QED) is 0.720. The van der Waals surface area contributed by atoms with Crippen LogP contribution in [0.15, 0.2) is 0 Å². The summed E-state index contributed by atoms with van der Waals surface area (Å²) in [6.07, 6.45) is -4.15. The summed E-state index contributed by atoms with van der Waals surface area (Å²) in [7, 11) is 0. The van der Waals surface area contributed by atoms with Gasteiger partial charge in [0.05, 0.1) is 0 Å². The van der Waals surface area contributed by atoms with Crippen LogP contribution in [0.3, 0.4) is 0 Å². The van der Waals surface area contributed by atoms with Gasteiger partial charge in [0.25, 0.3) is 0 Å². The molecule has 0 aliphatic heterocycles. The first kappa shape index (κ1) is 14.6. The summed E-state index contributed by atoms with van der Waals surface area (Å²) >= 11 is 0. The van der Waals surface area contributed by atoms with Crippen molar-refractivity contribution in [1.82, 2.24) is 10.6 Å². The van der Waals surface area contributed by atoms with Crippen molar-refractivity contribution in [3.8, 4) is 0 Å². The smallest absolute Gasteiger partial charge is 0.422 e. The normalized spacial score (nSPS) is 26.1. The number of hydrogen-bond acceptors (Lipinski definition) is 2. The van der Waals surface area contributed by atoms with Gasteiger partial charge in [-0.2, -0.15) is 13.2 Å². The molecule has 18 heavy (non-hydrogen) atoms. The molecule has 5 nitrogen and oxygen atoms in total. The largest absolute Gasteiger partial charge is 0.479 e. The predicted octanol–water partition coefficient (Wildman–Crippen LogP) is 1.35. The van der Waals surface area contributed by atoms with Gasteiger partial charge in [0, 0.05) is 6.54 Å². The molecule has 1 aliphatic carbocycles. The minimum atomic E-state index is -5.07. The Labute approximate surface area is 102 Å². The van der Waals surface area contributed by atoms with Crippen LogP contribution in [0.25, 0.3) is 0 Å². The number of urea groups is 1. The lowest BCUT2D eigenvalue weighted by Crippen LogP contribution is -2.63. The Hall–Kier alpha value is -1.47. The maximum absolute atomic E-state index is 12.6. The van der Waals surface area contributed by atoms with Crippen molar-refractivity contribution in [2.24, 2.45) is 11.8 Å². The second-order valence-corrected chi connectivity index (χ2v) is 4.74. The lowest BCUT2D eigenvalue weighted by molar-refractivity contribution is -0.203.